The highest BCUT2D eigenvalue weighted by Crippen LogP contribution is 2.10. The molecule has 6 heteroatoms. The van der Waals surface area contributed by atoms with Gasteiger partial charge in [0.05, 0.1) is 12.2 Å². The highest BCUT2D eigenvalue weighted by atomic mass is 32.2. The summed E-state index contributed by atoms with van der Waals surface area (Å²) in [5.41, 5.74) is 3.70. The summed E-state index contributed by atoms with van der Waals surface area (Å²) in [6.45, 7) is 0. The van der Waals surface area contributed by atoms with Crippen LogP contribution in [0.5, 0.6) is 0 Å². The summed E-state index contributed by atoms with van der Waals surface area (Å²) in [6, 6.07) is 0. The van der Waals surface area contributed by atoms with Gasteiger partial charge < -0.3 is 15.9 Å². The van der Waals surface area contributed by atoms with Gasteiger partial charge in [-0.05, 0) is 0 Å². The molecule has 1 amide bonds. The summed E-state index contributed by atoms with van der Waals surface area (Å²) < 4.78 is 0. The van der Waals surface area contributed by atoms with Crippen LogP contribution in [0.15, 0.2) is 0 Å². The Hall–Kier alpha value is -0.750. The van der Waals surface area contributed by atoms with Crippen molar-refractivity contribution in [3.05, 3.63) is 0 Å². The standard InChI is InChI=1S/C5H9NO4S/c6-3(7)2-11-5(10)1-4(8)9/h5,10H,1-2H2,(H2,6,7)(H,8,9). The lowest BCUT2D eigenvalue weighted by atomic mass is 10.5. The van der Waals surface area contributed by atoms with Crippen LogP contribution >= 0.6 is 11.8 Å². The number of carbonyl (C=O) groups is 2. The Morgan fingerprint density at radius 1 is 1.55 bits per heavy atom. The zero-order valence-electron chi connectivity index (χ0n) is 5.69. The smallest absolute Gasteiger partial charge is 0.306 e. The van der Waals surface area contributed by atoms with Gasteiger partial charge in [0, 0.05) is 0 Å². The van der Waals surface area contributed by atoms with Gasteiger partial charge in [-0.1, -0.05) is 0 Å². The average molecular weight is 179 g/mol. The van der Waals surface area contributed by atoms with E-state index in [1.807, 2.05) is 0 Å². The van der Waals surface area contributed by atoms with E-state index in [0.29, 0.717) is 0 Å². The Morgan fingerprint density at radius 2 is 2.09 bits per heavy atom. The van der Waals surface area contributed by atoms with Crippen molar-refractivity contribution in [3.8, 4) is 0 Å². The Kier molecular flexibility index (Phi) is 4.64. The van der Waals surface area contributed by atoms with Crippen LogP contribution in [0, 0.1) is 0 Å². The van der Waals surface area contributed by atoms with Crippen molar-refractivity contribution in [2.45, 2.75) is 11.9 Å². The van der Waals surface area contributed by atoms with Crippen LogP contribution < -0.4 is 5.73 Å². The molecule has 0 heterocycles. The minimum atomic E-state index is -1.10. The van der Waals surface area contributed by atoms with E-state index in [4.69, 9.17) is 15.9 Å². The molecule has 1 atom stereocenters. The van der Waals surface area contributed by atoms with Crippen LogP contribution in [0.2, 0.25) is 0 Å². The molecular weight excluding hydrogens is 170 g/mol. The predicted molar refractivity (Wildman–Crippen MR) is 39.9 cm³/mol. The summed E-state index contributed by atoms with van der Waals surface area (Å²) in [7, 11) is 0. The van der Waals surface area contributed by atoms with Gasteiger partial charge in [0.2, 0.25) is 5.91 Å². The molecule has 0 aliphatic carbocycles. The normalized spacial score (nSPS) is 12.5. The van der Waals surface area contributed by atoms with Crippen LogP contribution in [0.1, 0.15) is 6.42 Å². The monoisotopic (exact) mass is 179 g/mol. The van der Waals surface area contributed by atoms with Gasteiger partial charge in [-0.3, -0.25) is 9.59 Å². The third-order valence-electron chi connectivity index (χ3n) is 0.767. The molecule has 64 valence electrons. The Labute approximate surface area is 67.6 Å². The molecule has 0 aromatic carbocycles. The largest absolute Gasteiger partial charge is 0.481 e. The number of rotatable bonds is 5. The van der Waals surface area contributed by atoms with Crippen LogP contribution in [-0.2, 0) is 9.59 Å². The SMILES string of the molecule is NC(=O)CSC(O)CC(=O)O. The second kappa shape index (κ2) is 4.97. The fraction of sp³-hybridized carbons (Fsp3) is 0.600. The Morgan fingerprint density at radius 3 is 2.45 bits per heavy atom. The van der Waals surface area contributed by atoms with Crippen molar-refractivity contribution in [2.75, 3.05) is 5.75 Å². The lowest BCUT2D eigenvalue weighted by molar-refractivity contribution is -0.138. The molecule has 5 nitrogen and oxygen atoms in total. The number of hydrogen-bond donors (Lipinski definition) is 3. The molecule has 0 fully saturated rings. The van der Waals surface area contributed by atoms with E-state index < -0.39 is 17.3 Å². The van der Waals surface area contributed by atoms with Crippen molar-refractivity contribution in [3.63, 3.8) is 0 Å². The molecule has 0 saturated carbocycles. The van der Waals surface area contributed by atoms with Crippen LogP contribution in [0.4, 0.5) is 0 Å². The van der Waals surface area contributed by atoms with Gasteiger partial charge in [0.25, 0.3) is 0 Å². The Bertz CT molecular complexity index is 161. The molecule has 11 heavy (non-hydrogen) atoms. The number of primary amides is 1. The molecule has 0 aromatic heterocycles. The number of aliphatic carboxylic acids is 1. The molecule has 0 spiro atoms. The topological polar surface area (TPSA) is 101 Å². The maximum atomic E-state index is 10.1. The quantitative estimate of drug-likeness (QED) is 0.470. The highest BCUT2D eigenvalue weighted by molar-refractivity contribution is 8.00. The van der Waals surface area contributed by atoms with Crippen molar-refractivity contribution < 1.29 is 19.8 Å². The van der Waals surface area contributed by atoms with E-state index in [1.165, 1.54) is 0 Å². The van der Waals surface area contributed by atoms with E-state index in [2.05, 4.69) is 0 Å². The van der Waals surface area contributed by atoms with Crippen molar-refractivity contribution in [2.24, 2.45) is 5.73 Å². The maximum Gasteiger partial charge on any atom is 0.306 e. The minimum absolute atomic E-state index is 0.0611. The molecule has 0 rings (SSSR count). The van der Waals surface area contributed by atoms with Crippen molar-refractivity contribution in [1.29, 1.82) is 0 Å². The van der Waals surface area contributed by atoms with Crippen LogP contribution in [0.25, 0.3) is 0 Å². The third kappa shape index (κ3) is 7.14. The molecule has 0 aliphatic rings. The first-order valence-corrected chi connectivity index (χ1v) is 3.87. The summed E-state index contributed by atoms with van der Waals surface area (Å²) in [5.74, 6) is -1.73. The molecule has 1 unspecified atom stereocenters. The summed E-state index contributed by atoms with van der Waals surface area (Å²) in [4.78, 5) is 20.1. The molecular formula is C5H9NO4S. The Balaban J connectivity index is 3.44. The van der Waals surface area contributed by atoms with E-state index in [0.717, 1.165) is 11.8 Å². The first kappa shape index (κ1) is 10.2. The first-order chi connectivity index (χ1) is 5.02. The lowest BCUT2D eigenvalue weighted by Crippen LogP contribution is -2.17. The summed E-state index contributed by atoms with van der Waals surface area (Å²) in [6.07, 6.45) is -0.377. The fourth-order valence-corrected chi connectivity index (χ4v) is 1.00. The number of carboxylic acids is 1. The second-order valence-corrected chi connectivity index (χ2v) is 3.00. The van der Waals surface area contributed by atoms with E-state index in [9.17, 15) is 9.59 Å². The zero-order valence-corrected chi connectivity index (χ0v) is 6.50. The number of hydrogen-bond acceptors (Lipinski definition) is 4. The number of aliphatic hydroxyl groups excluding tert-OH is 1. The minimum Gasteiger partial charge on any atom is -0.481 e. The van der Waals surface area contributed by atoms with Gasteiger partial charge in [-0.25, -0.2) is 0 Å². The van der Waals surface area contributed by atoms with Crippen molar-refractivity contribution in [1.82, 2.24) is 0 Å². The highest BCUT2D eigenvalue weighted by Gasteiger charge is 2.10. The van der Waals surface area contributed by atoms with Gasteiger partial charge in [0.1, 0.15) is 5.44 Å². The van der Waals surface area contributed by atoms with Crippen LogP contribution in [0.3, 0.4) is 0 Å². The number of carboxylic acid groups (broad SMARTS) is 1. The summed E-state index contributed by atoms with van der Waals surface area (Å²) in [5, 5.41) is 17.0. The molecule has 0 bridgehead atoms. The molecule has 0 aliphatic heterocycles. The summed E-state index contributed by atoms with van der Waals surface area (Å²) >= 11 is 0.813. The maximum absolute atomic E-state index is 10.1. The van der Waals surface area contributed by atoms with E-state index in [-0.39, 0.29) is 12.2 Å². The van der Waals surface area contributed by atoms with Gasteiger partial charge >= 0.3 is 5.97 Å². The third-order valence-corrected chi connectivity index (χ3v) is 1.77. The number of nitrogens with two attached hydrogens (primary N) is 1. The second-order valence-electron chi connectivity index (χ2n) is 1.83. The van der Waals surface area contributed by atoms with E-state index in [1.54, 1.807) is 0 Å². The van der Waals surface area contributed by atoms with Gasteiger partial charge in [-0.2, -0.15) is 0 Å². The molecule has 4 N–H and O–H groups in total. The molecule has 0 aromatic rings. The number of thioether (sulfide) groups is 1. The lowest BCUT2D eigenvalue weighted by Gasteiger charge is -2.04. The fourth-order valence-electron chi connectivity index (χ4n) is 0.387. The molecule has 0 saturated heterocycles. The molecule has 0 radical (unpaired) electrons. The van der Waals surface area contributed by atoms with E-state index >= 15 is 0 Å². The van der Waals surface area contributed by atoms with Crippen LogP contribution in [-0.4, -0.2) is 33.3 Å². The predicted octanol–water partition coefficient (Wildman–Crippen LogP) is -1.00. The average Bonchev–Trinajstić information content (AvgIpc) is 1.82. The number of amides is 1. The zero-order chi connectivity index (χ0) is 8.85. The van der Waals surface area contributed by atoms with Gasteiger partial charge in [0.15, 0.2) is 0 Å². The van der Waals surface area contributed by atoms with Gasteiger partial charge in [-0.15, -0.1) is 11.8 Å². The number of carbonyl (C=O) groups excluding carboxylic acids is 1. The number of aliphatic hydroxyl groups is 1. The first-order valence-electron chi connectivity index (χ1n) is 2.82. The van der Waals surface area contributed by atoms with Crippen molar-refractivity contribution >= 4 is 23.6 Å².